The van der Waals surface area contributed by atoms with Crippen LogP contribution in [0.2, 0.25) is 0 Å². The minimum atomic E-state index is -2.80. The molecule has 0 bridgehead atoms. The highest BCUT2D eigenvalue weighted by Gasteiger charge is 2.07. The molecule has 1 N–H and O–H groups in total. The third kappa shape index (κ3) is 11.1. The van der Waals surface area contributed by atoms with Crippen molar-refractivity contribution in [3.05, 3.63) is 0 Å². The Morgan fingerprint density at radius 1 is 1.00 bits per heavy atom. The fourth-order valence-electron chi connectivity index (χ4n) is 1.46. The molecule has 0 fully saturated rings. The smallest absolute Gasteiger partial charge is 0.151 e. The summed E-state index contributed by atoms with van der Waals surface area (Å²) >= 11 is 2.40. The highest BCUT2D eigenvalue weighted by atomic mass is 127. The number of unbranched alkanes of at least 4 members (excludes halogenated alkanes) is 3. The summed E-state index contributed by atoms with van der Waals surface area (Å²) in [5, 5.41) is 3.20. The van der Waals surface area contributed by atoms with Gasteiger partial charge in [0.2, 0.25) is 0 Å². The molecule has 0 aliphatic rings. The lowest BCUT2D eigenvalue weighted by molar-refractivity contribution is 0.582. The van der Waals surface area contributed by atoms with Gasteiger partial charge in [0.25, 0.3) is 0 Å². The first-order valence-electron chi connectivity index (χ1n) is 6.09. The van der Waals surface area contributed by atoms with Gasteiger partial charge in [-0.05, 0) is 30.2 Å². The third-order valence-electron chi connectivity index (χ3n) is 2.34. The first kappa shape index (κ1) is 16.6. The van der Waals surface area contributed by atoms with Crippen molar-refractivity contribution >= 4 is 32.4 Å². The van der Waals surface area contributed by atoms with Crippen molar-refractivity contribution < 1.29 is 8.42 Å². The summed E-state index contributed by atoms with van der Waals surface area (Å²) in [6, 6.07) is 0. The third-order valence-corrected chi connectivity index (χ3v) is 4.96. The first-order valence-corrected chi connectivity index (χ1v) is 9.44. The van der Waals surface area contributed by atoms with Gasteiger partial charge in [0.1, 0.15) is 0 Å². The molecule has 0 aliphatic carbocycles. The molecule has 0 radical (unpaired) electrons. The fraction of sp³-hybridized carbons (Fsp3) is 1.00. The van der Waals surface area contributed by atoms with E-state index in [1.807, 2.05) is 6.92 Å². The van der Waals surface area contributed by atoms with Crippen molar-refractivity contribution in [1.29, 1.82) is 0 Å². The number of sulfone groups is 1. The van der Waals surface area contributed by atoms with Crippen LogP contribution in [0, 0.1) is 0 Å². The van der Waals surface area contributed by atoms with Crippen LogP contribution >= 0.6 is 22.6 Å². The molecule has 0 aliphatic heterocycles. The molecule has 0 saturated heterocycles. The molecule has 3 nitrogen and oxygen atoms in total. The summed E-state index contributed by atoms with van der Waals surface area (Å²) in [6.07, 6.45) is 5.71. The second-order valence-electron chi connectivity index (χ2n) is 4.01. The van der Waals surface area contributed by atoms with E-state index in [9.17, 15) is 8.42 Å². The van der Waals surface area contributed by atoms with E-state index >= 15 is 0 Å². The van der Waals surface area contributed by atoms with Crippen LogP contribution < -0.4 is 5.32 Å². The lowest BCUT2D eigenvalue weighted by Crippen LogP contribution is -2.25. The van der Waals surface area contributed by atoms with E-state index in [4.69, 9.17) is 0 Å². The van der Waals surface area contributed by atoms with Gasteiger partial charge in [-0.2, -0.15) is 0 Å². The Morgan fingerprint density at radius 3 is 2.31 bits per heavy atom. The Labute approximate surface area is 114 Å². The molecule has 0 atom stereocenters. The summed E-state index contributed by atoms with van der Waals surface area (Å²) in [4.78, 5) is 0. The minimum absolute atomic E-state index is 0.286. The molecule has 0 aromatic rings. The molecule has 0 amide bonds. The molecule has 0 spiro atoms. The number of halogens is 1. The Hall–Kier alpha value is 0.640. The topological polar surface area (TPSA) is 46.2 Å². The van der Waals surface area contributed by atoms with Gasteiger partial charge in [0, 0.05) is 12.3 Å². The number of nitrogens with one attached hydrogen (secondary N) is 1. The highest BCUT2D eigenvalue weighted by Crippen LogP contribution is 2.01. The van der Waals surface area contributed by atoms with E-state index in [0.29, 0.717) is 12.3 Å². The predicted octanol–water partition coefficient (Wildman–Crippen LogP) is 2.40. The van der Waals surface area contributed by atoms with Gasteiger partial charge in [0.05, 0.1) is 5.75 Å². The van der Waals surface area contributed by atoms with Gasteiger partial charge in [-0.15, -0.1) is 0 Å². The van der Waals surface area contributed by atoms with Crippen LogP contribution in [-0.4, -0.2) is 37.4 Å². The quantitative estimate of drug-likeness (QED) is 0.349. The van der Waals surface area contributed by atoms with Crippen LogP contribution in [0.25, 0.3) is 0 Å². The van der Waals surface area contributed by atoms with E-state index in [1.54, 1.807) is 0 Å². The molecule has 0 aromatic carbocycles. The fourth-order valence-corrected chi connectivity index (χ4v) is 3.28. The number of hydrogen-bond donors (Lipinski definition) is 1. The zero-order chi connectivity index (χ0) is 12.3. The van der Waals surface area contributed by atoms with Crippen LogP contribution in [-0.2, 0) is 9.84 Å². The van der Waals surface area contributed by atoms with Crippen molar-refractivity contribution in [3.8, 4) is 0 Å². The zero-order valence-corrected chi connectivity index (χ0v) is 13.1. The minimum Gasteiger partial charge on any atom is -0.316 e. The summed E-state index contributed by atoms with van der Waals surface area (Å²) < 4.78 is 24.0. The first-order chi connectivity index (χ1) is 7.62. The molecule has 16 heavy (non-hydrogen) atoms. The van der Waals surface area contributed by atoms with Crippen molar-refractivity contribution in [1.82, 2.24) is 5.32 Å². The lowest BCUT2D eigenvalue weighted by atomic mass is 10.2. The zero-order valence-electron chi connectivity index (χ0n) is 10.2. The van der Waals surface area contributed by atoms with Crippen LogP contribution in [0.5, 0.6) is 0 Å². The van der Waals surface area contributed by atoms with Crippen LogP contribution in [0.3, 0.4) is 0 Å². The largest absolute Gasteiger partial charge is 0.316 e. The van der Waals surface area contributed by atoms with Gasteiger partial charge < -0.3 is 5.32 Å². The van der Waals surface area contributed by atoms with Crippen molar-refractivity contribution in [2.75, 3.05) is 29.0 Å². The summed E-state index contributed by atoms with van der Waals surface area (Å²) in [5.41, 5.74) is 0. The average Bonchev–Trinajstić information content (AvgIpc) is 2.22. The molecular weight excluding hydrogens is 337 g/mol. The maximum atomic E-state index is 11.4. The Balaban J connectivity index is 3.27. The summed E-state index contributed by atoms with van der Waals surface area (Å²) in [5.74, 6) is 0.610. The van der Waals surface area contributed by atoms with E-state index < -0.39 is 9.84 Å². The van der Waals surface area contributed by atoms with Gasteiger partial charge >= 0.3 is 0 Å². The van der Waals surface area contributed by atoms with E-state index in [2.05, 4.69) is 27.9 Å². The van der Waals surface area contributed by atoms with Crippen LogP contribution in [0.1, 0.15) is 39.0 Å². The Bertz CT molecular complexity index is 242. The van der Waals surface area contributed by atoms with Crippen LogP contribution in [0.4, 0.5) is 0 Å². The van der Waals surface area contributed by atoms with Gasteiger partial charge in [-0.3, -0.25) is 0 Å². The number of hydrogen-bond acceptors (Lipinski definition) is 3. The van der Waals surface area contributed by atoms with Crippen molar-refractivity contribution in [3.63, 3.8) is 0 Å². The summed E-state index contributed by atoms with van der Waals surface area (Å²) in [6.45, 7) is 3.45. The van der Waals surface area contributed by atoms with Crippen molar-refractivity contribution in [2.45, 2.75) is 39.0 Å². The normalized spacial score (nSPS) is 11.9. The standard InChI is InChI=1S/C11H24INO2S/c1-2-10-16(14,15)11-9-13-8-6-4-3-5-7-12/h13H,2-11H2,1H3. The van der Waals surface area contributed by atoms with Gasteiger partial charge in [-0.1, -0.05) is 42.4 Å². The monoisotopic (exact) mass is 361 g/mol. The second kappa shape index (κ2) is 10.8. The molecular formula is C11H24INO2S. The molecule has 0 heterocycles. The van der Waals surface area contributed by atoms with Crippen LogP contribution in [0.15, 0.2) is 0 Å². The molecule has 5 heteroatoms. The molecule has 0 aromatic heterocycles. The van der Waals surface area contributed by atoms with Crippen molar-refractivity contribution in [2.24, 2.45) is 0 Å². The number of alkyl halides is 1. The van der Waals surface area contributed by atoms with E-state index in [1.165, 1.54) is 23.7 Å². The Morgan fingerprint density at radius 2 is 1.69 bits per heavy atom. The highest BCUT2D eigenvalue weighted by molar-refractivity contribution is 14.1. The van der Waals surface area contributed by atoms with Gasteiger partial charge in [0.15, 0.2) is 9.84 Å². The lowest BCUT2D eigenvalue weighted by Gasteiger charge is -2.05. The maximum absolute atomic E-state index is 11.4. The van der Waals surface area contributed by atoms with Gasteiger partial charge in [-0.25, -0.2) is 8.42 Å². The van der Waals surface area contributed by atoms with E-state index in [0.717, 1.165) is 19.4 Å². The SMILES string of the molecule is CCCS(=O)(=O)CCNCCCCCCI. The molecule has 0 saturated carbocycles. The molecule has 0 rings (SSSR count). The predicted molar refractivity (Wildman–Crippen MR) is 79.2 cm³/mol. The van der Waals surface area contributed by atoms with E-state index in [-0.39, 0.29) is 5.75 Å². The Kier molecular flexibility index (Phi) is 11.2. The second-order valence-corrected chi connectivity index (χ2v) is 7.39. The number of rotatable bonds is 11. The average molecular weight is 361 g/mol. The summed E-state index contributed by atoms with van der Waals surface area (Å²) in [7, 11) is -2.80. The molecule has 0 unspecified atom stereocenters. The molecule has 98 valence electrons. The maximum Gasteiger partial charge on any atom is 0.151 e.